The number of hydrogen-bond acceptors (Lipinski definition) is 4. The summed E-state index contributed by atoms with van der Waals surface area (Å²) in [5.41, 5.74) is 0. The van der Waals surface area contributed by atoms with Gasteiger partial charge in [-0.2, -0.15) is 0 Å². The summed E-state index contributed by atoms with van der Waals surface area (Å²) in [7, 11) is -3.63. The van der Waals surface area contributed by atoms with Gasteiger partial charge in [0.05, 0.1) is 0 Å². The molecule has 0 atom stereocenters. The quantitative estimate of drug-likeness (QED) is 0.363. The molecule has 3 N–H and O–H groups in total. The molecule has 0 aliphatic heterocycles. The van der Waals surface area contributed by atoms with E-state index in [4.69, 9.17) is 14.1 Å². The van der Waals surface area contributed by atoms with E-state index in [2.05, 4.69) is 0 Å². The van der Waals surface area contributed by atoms with E-state index >= 15 is 0 Å². The van der Waals surface area contributed by atoms with Crippen molar-refractivity contribution in [1.29, 1.82) is 0 Å². The van der Waals surface area contributed by atoms with E-state index in [1.807, 2.05) is 0 Å². The van der Waals surface area contributed by atoms with E-state index in [0.717, 1.165) is 0 Å². The number of halogens is 1. The fourth-order valence-corrected chi connectivity index (χ4v) is 0. The van der Waals surface area contributed by atoms with Crippen LogP contribution >= 0.6 is 0 Å². The van der Waals surface area contributed by atoms with Gasteiger partial charge < -0.3 is 25.0 Å². The predicted octanol–water partition coefficient (Wildman–Crippen LogP) is -4.49. The summed E-state index contributed by atoms with van der Waals surface area (Å²) < 4.78 is 8.52. The molecule has 0 amide bonds. The van der Waals surface area contributed by atoms with Crippen molar-refractivity contribution in [3.63, 3.8) is 0 Å². The molecule has 0 aliphatic carbocycles. The summed E-state index contributed by atoms with van der Waals surface area (Å²) in [6.07, 6.45) is 0. The van der Waals surface area contributed by atoms with Crippen LogP contribution in [0.4, 0.5) is 4.70 Å². The third-order valence-electron chi connectivity index (χ3n) is 0. The first-order valence-electron chi connectivity index (χ1n) is 0.612. The number of rotatable bonds is 0. The van der Waals surface area contributed by atoms with Crippen LogP contribution < -0.4 is 9.59 Å². The maximum atomic E-state index is 8.52. The zero-order valence-corrected chi connectivity index (χ0v) is 9.94. The molecule has 0 aromatic rings. The van der Waals surface area contributed by atoms with Crippen molar-refractivity contribution in [3.8, 4) is 0 Å². The summed E-state index contributed by atoms with van der Waals surface area (Å²) in [5.74, 6) is 0. The maximum absolute atomic E-state index is 8.52. The number of hydrogen-bond donors (Lipinski definition) is 0. The van der Waals surface area contributed by atoms with Crippen molar-refractivity contribution >= 4 is 77.9 Å². The van der Waals surface area contributed by atoms with Crippen molar-refractivity contribution in [1.82, 2.24) is 0 Å². The molecule has 0 aliphatic rings. The van der Waals surface area contributed by atoms with Gasteiger partial charge >= 0.3 is 0 Å². The zero-order valence-electron chi connectivity index (χ0n) is 4.66. The molecule has 0 saturated carbocycles. The summed E-state index contributed by atoms with van der Waals surface area (Å²) in [6, 6.07) is 0. The van der Waals surface area contributed by atoms with E-state index in [1.54, 1.807) is 0 Å². The minimum Gasteiger partial charge on any atom is -0.870 e. The van der Waals surface area contributed by atoms with Crippen LogP contribution in [0.15, 0.2) is 0 Å². The third kappa shape index (κ3) is 210. The van der Waals surface area contributed by atoms with Gasteiger partial charge in [-0.25, -0.2) is 0 Å². The molecule has 0 aromatic heterocycles. The molecule has 5 nitrogen and oxygen atoms in total. The Hall–Kier alpha value is 1.64. The molecule has 0 fully saturated rings. The third-order valence-corrected chi connectivity index (χ3v) is 0. The van der Waals surface area contributed by atoms with Gasteiger partial charge in [0.15, 0.2) is 0 Å². The monoisotopic (exact) mass is 197 g/mol. The summed E-state index contributed by atoms with van der Waals surface area (Å²) in [6.45, 7) is 0. The van der Waals surface area contributed by atoms with Crippen LogP contribution in [0.5, 0.6) is 0 Å². The van der Waals surface area contributed by atoms with Gasteiger partial charge in [-0.3, -0.25) is 4.70 Å². The molecular formula is H4AlFKO5Si-3. The normalized spacial score (nSPS) is 2.67. The summed E-state index contributed by atoms with van der Waals surface area (Å²) >= 11 is 0. The van der Waals surface area contributed by atoms with Crippen LogP contribution in [-0.4, -0.2) is 88.9 Å². The Bertz CT molecular complexity index is 39.9. The molecule has 0 aromatic carbocycles. The average Bonchev–Trinajstić information content (AvgIpc) is 0.811. The Morgan fingerprint density at radius 3 is 1.22 bits per heavy atom. The van der Waals surface area contributed by atoms with Gasteiger partial charge in [-0.15, -0.1) is 0 Å². The second kappa shape index (κ2) is 33.4. The molecule has 0 unspecified atom stereocenters. The fraction of sp³-hybridized carbons (Fsp3) is 0. The SMILES string of the molecule is F.O.O=[Si]([O-])[O-].[Al].[K].[OH-]. The Morgan fingerprint density at radius 1 is 1.22 bits per heavy atom. The van der Waals surface area contributed by atoms with Crippen molar-refractivity contribution in [2.24, 2.45) is 0 Å². The molecule has 0 rings (SSSR count). The van der Waals surface area contributed by atoms with E-state index in [1.165, 1.54) is 0 Å². The van der Waals surface area contributed by atoms with Crippen LogP contribution in [0, 0.1) is 0 Å². The first-order valence-corrected chi connectivity index (χ1v) is 1.84. The molecule has 0 bridgehead atoms. The molecule has 0 spiro atoms. The molecule has 52 valence electrons. The first-order chi connectivity index (χ1) is 1.73. The minimum absolute atomic E-state index is 0. The maximum Gasteiger partial charge on any atom is 0.0172 e. The second-order valence-electron chi connectivity index (χ2n) is 0.250. The van der Waals surface area contributed by atoms with Gasteiger partial charge in [-0.05, 0) is 0 Å². The van der Waals surface area contributed by atoms with E-state index < -0.39 is 9.17 Å². The molecular weight excluding hydrogens is 193 g/mol. The van der Waals surface area contributed by atoms with Crippen molar-refractivity contribution in [2.45, 2.75) is 0 Å². The zero-order chi connectivity index (χ0) is 3.58. The Kier molecular flexibility index (Phi) is 171. The van der Waals surface area contributed by atoms with Gasteiger partial charge in [-0.1, -0.05) is 0 Å². The van der Waals surface area contributed by atoms with E-state index in [9.17, 15) is 0 Å². The van der Waals surface area contributed by atoms with E-state index in [-0.39, 0.29) is 84.4 Å². The van der Waals surface area contributed by atoms with Crippen LogP contribution in [0.3, 0.4) is 0 Å². The largest absolute Gasteiger partial charge is 0.870 e. The van der Waals surface area contributed by atoms with Crippen molar-refractivity contribution in [3.05, 3.63) is 0 Å². The molecule has 4 radical (unpaired) electrons. The molecule has 9 heavy (non-hydrogen) atoms. The standard InChI is InChI=1S/Al.FH.K.O3Si.2H2O/c;;;1-4(2)3;;/h;1H;;;2*1H2/q;;;-2;;/p-1. The van der Waals surface area contributed by atoms with E-state index in [0.29, 0.717) is 0 Å². The molecule has 0 saturated heterocycles. The van der Waals surface area contributed by atoms with Gasteiger partial charge in [0.2, 0.25) is 0 Å². The Balaban J connectivity index is -0.00000000450. The second-order valence-corrected chi connectivity index (χ2v) is 0.750. The summed E-state index contributed by atoms with van der Waals surface area (Å²) in [4.78, 5) is 17.0. The van der Waals surface area contributed by atoms with Crippen molar-refractivity contribution in [2.75, 3.05) is 0 Å². The van der Waals surface area contributed by atoms with Gasteiger partial charge in [0, 0.05) is 77.9 Å². The first kappa shape index (κ1) is 46.0. The van der Waals surface area contributed by atoms with Gasteiger partial charge in [0.25, 0.3) is 0 Å². The smallest absolute Gasteiger partial charge is 0.0172 e. The fourth-order valence-electron chi connectivity index (χ4n) is 0. The summed E-state index contributed by atoms with van der Waals surface area (Å²) in [5, 5.41) is 0. The van der Waals surface area contributed by atoms with Crippen LogP contribution in [0.25, 0.3) is 0 Å². The van der Waals surface area contributed by atoms with Crippen LogP contribution in [0.2, 0.25) is 0 Å². The Morgan fingerprint density at radius 2 is 1.22 bits per heavy atom. The van der Waals surface area contributed by atoms with Crippen molar-refractivity contribution < 1.29 is 29.7 Å². The Labute approximate surface area is 106 Å². The predicted molar refractivity (Wildman–Crippen MR) is 26.0 cm³/mol. The molecule has 0 heterocycles. The topological polar surface area (TPSA) is 125 Å². The van der Waals surface area contributed by atoms with Crippen LogP contribution in [-0.2, 0) is 4.46 Å². The minimum atomic E-state index is -3.63. The van der Waals surface area contributed by atoms with Crippen LogP contribution in [0.1, 0.15) is 0 Å². The molecule has 9 heteroatoms. The average molecular weight is 197 g/mol. The van der Waals surface area contributed by atoms with Gasteiger partial charge in [0.1, 0.15) is 0 Å².